The molecule has 2 aliphatic heterocycles. The van der Waals surface area contributed by atoms with Crippen LogP contribution in [0.15, 0.2) is 0 Å². The minimum atomic E-state index is 0.516. The smallest absolute Gasteiger partial charge is 0.0588 e. The molecular formula is C13H26N2O. The second-order valence-electron chi connectivity index (χ2n) is 5.66. The molecule has 0 saturated carbocycles. The minimum Gasteiger partial charge on any atom is -0.378 e. The van der Waals surface area contributed by atoms with Gasteiger partial charge in [0.25, 0.3) is 0 Å². The van der Waals surface area contributed by atoms with Crippen molar-refractivity contribution in [1.29, 1.82) is 0 Å². The Bertz CT molecular complexity index is 196. The maximum absolute atomic E-state index is 5.62. The second-order valence-corrected chi connectivity index (χ2v) is 5.66. The van der Waals surface area contributed by atoms with E-state index in [2.05, 4.69) is 17.6 Å². The molecule has 2 heterocycles. The molecule has 0 aliphatic carbocycles. The summed E-state index contributed by atoms with van der Waals surface area (Å²) in [4.78, 5) is 0. The van der Waals surface area contributed by atoms with Crippen molar-refractivity contribution in [2.75, 3.05) is 32.8 Å². The van der Waals surface area contributed by atoms with E-state index in [1.54, 1.807) is 0 Å². The zero-order valence-electron chi connectivity index (χ0n) is 10.6. The number of piperidine rings is 1. The van der Waals surface area contributed by atoms with Gasteiger partial charge in [0.2, 0.25) is 0 Å². The van der Waals surface area contributed by atoms with Crippen molar-refractivity contribution in [3.05, 3.63) is 0 Å². The SMILES string of the molecule is CC1(CNCCC2CCCO2)CCNCC1. The molecule has 0 amide bonds. The summed E-state index contributed by atoms with van der Waals surface area (Å²) in [5, 5.41) is 7.04. The van der Waals surface area contributed by atoms with Gasteiger partial charge in [0, 0.05) is 13.2 Å². The number of ether oxygens (including phenoxy) is 1. The van der Waals surface area contributed by atoms with E-state index in [-0.39, 0.29) is 0 Å². The average Bonchev–Trinajstić information content (AvgIpc) is 2.78. The first-order chi connectivity index (χ1) is 7.79. The van der Waals surface area contributed by atoms with Crippen molar-refractivity contribution in [2.45, 2.75) is 45.1 Å². The van der Waals surface area contributed by atoms with Crippen molar-refractivity contribution in [2.24, 2.45) is 5.41 Å². The van der Waals surface area contributed by atoms with Crippen LogP contribution in [0, 0.1) is 5.41 Å². The molecule has 1 unspecified atom stereocenters. The van der Waals surface area contributed by atoms with E-state index in [9.17, 15) is 0 Å². The van der Waals surface area contributed by atoms with Gasteiger partial charge in [-0.2, -0.15) is 0 Å². The van der Waals surface area contributed by atoms with Crippen LogP contribution >= 0.6 is 0 Å². The van der Waals surface area contributed by atoms with Gasteiger partial charge < -0.3 is 15.4 Å². The van der Waals surface area contributed by atoms with Crippen molar-refractivity contribution in [1.82, 2.24) is 10.6 Å². The average molecular weight is 226 g/mol. The van der Waals surface area contributed by atoms with E-state index in [4.69, 9.17) is 4.74 Å². The van der Waals surface area contributed by atoms with Gasteiger partial charge in [-0.3, -0.25) is 0 Å². The third-order valence-corrected chi connectivity index (χ3v) is 4.03. The molecular weight excluding hydrogens is 200 g/mol. The topological polar surface area (TPSA) is 33.3 Å². The molecule has 94 valence electrons. The maximum Gasteiger partial charge on any atom is 0.0588 e. The van der Waals surface area contributed by atoms with E-state index < -0.39 is 0 Å². The zero-order valence-corrected chi connectivity index (χ0v) is 10.6. The molecule has 2 N–H and O–H groups in total. The van der Waals surface area contributed by atoms with Gasteiger partial charge in [-0.05, 0) is 57.2 Å². The van der Waals surface area contributed by atoms with E-state index in [1.165, 1.54) is 51.7 Å². The quantitative estimate of drug-likeness (QED) is 0.698. The highest BCUT2D eigenvalue weighted by Crippen LogP contribution is 2.26. The molecule has 3 nitrogen and oxygen atoms in total. The molecule has 16 heavy (non-hydrogen) atoms. The Morgan fingerprint density at radius 1 is 1.38 bits per heavy atom. The molecule has 0 bridgehead atoms. The van der Waals surface area contributed by atoms with Crippen molar-refractivity contribution in [3.8, 4) is 0 Å². The lowest BCUT2D eigenvalue weighted by molar-refractivity contribution is 0.103. The van der Waals surface area contributed by atoms with Crippen molar-refractivity contribution < 1.29 is 4.74 Å². The summed E-state index contributed by atoms with van der Waals surface area (Å²) in [6.07, 6.45) is 6.86. The highest BCUT2D eigenvalue weighted by atomic mass is 16.5. The van der Waals surface area contributed by atoms with Gasteiger partial charge in [0.05, 0.1) is 6.10 Å². The monoisotopic (exact) mass is 226 g/mol. The lowest BCUT2D eigenvalue weighted by atomic mass is 9.81. The minimum absolute atomic E-state index is 0.516. The van der Waals surface area contributed by atoms with Crippen LogP contribution in [0.4, 0.5) is 0 Å². The molecule has 0 aromatic carbocycles. The van der Waals surface area contributed by atoms with E-state index in [1.807, 2.05) is 0 Å². The molecule has 0 spiro atoms. The first-order valence-corrected chi connectivity index (χ1v) is 6.82. The molecule has 2 rings (SSSR count). The third-order valence-electron chi connectivity index (χ3n) is 4.03. The van der Waals surface area contributed by atoms with Gasteiger partial charge in [-0.15, -0.1) is 0 Å². The third kappa shape index (κ3) is 3.72. The molecule has 1 atom stereocenters. The van der Waals surface area contributed by atoms with Gasteiger partial charge in [0.1, 0.15) is 0 Å². The van der Waals surface area contributed by atoms with Gasteiger partial charge in [-0.25, -0.2) is 0 Å². The zero-order chi connectivity index (χ0) is 11.3. The summed E-state index contributed by atoms with van der Waals surface area (Å²) in [5.74, 6) is 0. The van der Waals surface area contributed by atoms with E-state index in [0.717, 1.165) is 13.2 Å². The fourth-order valence-electron chi connectivity index (χ4n) is 2.73. The Kier molecular flexibility index (Phi) is 4.62. The summed E-state index contributed by atoms with van der Waals surface area (Å²) < 4.78 is 5.62. The highest BCUT2D eigenvalue weighted by Gasteiger charge is 2.26. The standard InChI is InChI=1S/C13H26N2O/c1-13(5-8-14-9-6-13)11-15-7-4-12-3-2-10-16-12/h12,14-15H,2-11H2,1H3. The molecule has 2 fully saturated rings. The van der Waals surface area contributed by atoms with Crippen LogP contribution in [-0.2, 0) is 4.74 Å². The normalized spacial score (nSPS) is 29.4. The Balaban J connectivity index is 1.56. The lowest BCUT2D eigenvalue weighted by Crippen LogP contribution is -2.41. The fourth-order valence-corrected chi connectivity index (χ4v) is 2.73. The number of hydrogen-bond acceptors (Lipinski definition) is 3. The Labute approximate surface area is 99.3 Å². The van der Waals surface area contributed by atoms with Gasteiger partial charge >= 0.3 is 0 Å². The molecule has 2 saturated heterocycles. The molecule has 3 heteroatoms. The summed E-state index contributed by atoms with van der Waals surface area (Å²) in [5.41, 5.74) is 0.516. The highest BCUT2D eigenvalue weighted by molar-refractivity contribution is 4.82. The number of hydrogen-bond donors (Lipinski definition) is 2. The lowest BCUT2D eigenvalue weighted by Gasteiger charge is -2.34. The Hall–Kier alpha value is -0.120. The molecule has 0 radical (unpaired) electrons. The fraction of sp³-hybridized carbons (Fsp3) is 1.00. The largest absolute Gasteiger partial charge is 0.378 e. The molecule has 0 aromatic rings. The summed E-state index contributed by atoms with van der Waals surface area (Å²) in [6.45, 7) is 8.05. The predicted octanol–water partition coefficient (Wildman–Crippen LogP) is 1.53. The first-order valence-electron chi connectivity index (χ1n) is 6.82. The first kappa shape index (κ1) is 12.3. The predicted molar refractivity (Wildman–Crippen MR) is 66.7 cm³/mol. The number of nitrogens with one attached hydrogen (secondary N) is 2. The van der Waals surface area contributed by atoms with Crippen LogP contribution in [0.5, 0.6) is 0 Å². The number of rotatable bonds is 5. The Morgan fingerprint density at radius 2 is 2.19 bits per heavy atom. The van der Waals surface area contributed by atoms with Gasteiger partial charge in [0.15, 0.2) is 0 Å². The maximum atomic E-state index is 5.62. The van der Waals surface area contributed by atoms with Crippen LogP contribution in [0.2, 0.25) is 0 Å². The van der Waals surface area contributed by atoms with E-state index in [0.29, 0.717) is 11.5 Å². The summed E-state index contributed by atoms with van der Waals surface area (Å²) in [7, 11) is 0. The van der Waals surface area contributed by atoms with Gasteiger partial charge in [-0.1, -0.05) is 6.92 Å². The summed E-state index contributed by atoms with van der Waals surface area (Å²) in [6, 6.07) is 0. The van der Waals surface area contributed by atoms with Crippen LogP contribution in [0.25, 0.3) is 0 Å². The molecule has 0 aromatic heterocycles. The molecule has 2 aliphatic rings. The van der Waals surface area contributed by atoms with Crippen LogP contribution in [0.3, 0.4) is 0 Å². The second kappa shape index (κ2) is 5.99. The Morgan fingerprint density at radius 3 is 2.88 bits per heavy atom. The van der Waals surface area contributed by atoms with Crippen LogP contribution in [-0.4, -0.2) is 38.9 Å². The van der Waals surface area contributed by atoms with E-state index >= 15 is 0 Å². The van der Waals surface area contributed by atoms with Crippen LogP contribution < -0.4 is 10.6 Å². The van der Waals surface area contributed by atoms with Crippen LogP contribution in [0.1, 0.15) is 39.0 Å². The summed E-state index contributed by atoms with van der Waals surface area (Å²) >= 11 is 0. The van der Waals surface area contributed by atoms with Crippen molar-refractivity contribution in [3.63, 3.8) is 0 Å². The van der Waals surface area contributed by atoms with Crippen molar-refractivity contribution >= 4 is 0 Å².